The van der Waals surface area contributed by atoms with E-state index in [9.17, 15) is 62.1 Å². The van der Waals surface area contributed by atoms with Crippen LogP contribution in [0.2, 0.25) is 0 Å². The Morgan fingerprint density at radius 2 is 0.789 bits per heavy atom. The lowest BCUT2D eigenvalue weighted by Gasteiger charge is -2.12. The van der Waals surface area contributed by atoms with E-state index in [1.165, 1.54) is 24.3 Å². The molecule has 21 nitrogen and oxygen atoms in total. The van der Waals surface area contributed by atoms with Gasteiger partial charge in [-0.2, -0.15) is 43.9 Å². The molecule has 11 N–H and O–H groups in total. The Morgan fingerprint density at radius 3 is 1.09 bits per heavy atom. The predicted molar refractivity (Wildman–Crippen MR) is 204 cm³/mol. The zero-order valence-electron chi connectivity index (χ0n) is 28.1. The first-order chi connectivity index (χ1) is 26.4. The summed E-state index contributed by atoms with van der Waals surface area (Å²) in [6.45, 7) is 0. The molecular weight excluding hydrogens is 835 g/mol. The number of phenolic OH excluding ortho intramolecular Hbond substituents is 2. The van der Waals surface area contributed by atoms with Crippen molar-refractivity contribution in [2.45, 2.75) is 19.6 Å². The fraction of sp³-hybridized carbons (Fsp3) is 0. The van der Waals surface area contributed by atoms with Crippen LogP contribution in [-0.4, -0.2) is 62.1 Å². The van der Waals surface area contributed by atoms with E-state index in [2.05, 4.69) is 25.8 Å². The van der Waals surface area contributed by atoms with Crippen LogP contribution < -0.4 is 16.8 Å². The molecule has 6 rings (SSSR count). The number of hydrogen-bond donors (Lipinski definition) is 9. The molecule has 0 spiro atoms. The van der Waals surface area contributed by atoms with Gasteiger partial charge in [0.1, 0.15) is 21.2 Å². The van der Waals surface area contributed by atoms with E-state index in [1.54, 1.807) is 24.3 Å². The van der Waals surface area contributed by atoms with Crippen LogP contribution >= 0.6 is 0 Å². The molecule has 0 radical (unpaired) electrons. The molecule has 0 aliphatic carbocycles. The summed E-state index contributed by atoms with van der Waals surface area (Å²) in [5.41, 5.74) is 10.9. The molecule has 0 amide bonds. The van der Waals surface area contributed by atoms with Crippen molar-refractivity contribution in [2.75, 3.05) is 16.8 Å². The van der Waals surface area contributed by atoms with Crippen LogP contribution in [0.4, 0.5) is 45.5 Å². The van der Waals surface area contributed by atoms with E-state index >= 15 is 0 Å². The Kier molecular flexibility index (Phi) is 10.1. The maximum absolute atomic E-state index is 12.2. The molecule has 0 saturated heterocycles. The molecule has 0 heterocycles. The third-order valence-electron chi connectivity index (χ3n) is 8.01. The smallest absolute Gasteiger partial charge is 0.296 e. The fourth-order valence-corrected chi connectivity index (χ4v) is 7.89. The molecular formula is C32H25N7O14S4. The number of nitrogens with one attached hydrogen (secondary N) is 1. The number of benzene rings is 6. The molecule has 6 aromatic rings. The average molecular weight is 860 g/mol. The zero-order chi connectivity index (χ0) is 41.8. The SMILES string of the molecule is Nc1cc(S(=O)(=O)O)cc2cc(S(=O)(=O)O)c(N=Nc3ccc(Nc4ccc(N=Nc5c(S(=O)(=O)O)cc6cc(S(=O)(=O)O)cc(N)c6c5O)cc4)cc3)c(O)c12. The van der Waals surface area contributed by atoms with Crippen molar-refractivity contribution < 1.29 is 62.1 Å². The second-order valence-corrected chi connectivity index (χ2v) is 17.5. The number of aromatic hydroxyl groups is 2. The van der Waals surface area contributed by atoms with Gasteiger partial charge >= 0.3 is 0 Å². The highest BCUT2D eigenvalue weighted by molar-refractivity contribution is 7.86. The van der Waals surface area contributed by atoms with Crippen molar-refractivity contribution in [3.63, 3.8) is 0 Å². The van der Waals surface area contributed by atoms with Gasteiger partial charge in [0.25, 0.3) is 40.5 Å². The summed E-state index contributed by atoms with van der Waals surface area (Å²) in [5, 5.41) is 39.3. The second-order valence-electron chi connectivity index (χ2n) is 11.9. The molecule has 6 aromatic carbocycles. The van der Waals surface area contributed by atoms with Crippen LogP contribution in [0.1, 0.15) is 0 Å². The summed E-state index contributed by atoms with van der Waals surface area (Å²) in [6, 6.07) is 16.9. The lowest BCUT2D eigenvalue weighted by Crippen LogP contribution is -2.02. The Hall–Kier alpha value is -6.32. The first-order valence-corrected chi connectivity index (χ1v) is 21.1. The molecule has 25 heteroatoms. The molecule has 0 bridgehead atoms. The van der Waals surface area contributed by atoms with Gasteiger partial charge in [0, 0.05) is 33.5 Å². The van der Waals surface area contributed by atoms with Gasteiger partial charge in [-0.25, -0.2) is 0 Å². The largest absolute Gasteiger partial charge is 0.505 e. The first kappa shape index (κ1) is 40.3. The minimum atomic E-state index is -5.06. The quantitative estimate of drug-likeness (QED) is 0.0425. The van der Waals surface area contributed by atoms with Gasteiger partial charge in [0.2, 0.25) is 0 Å². The maximum Gasteiger partial charge on any atom is 0.296 e. The monoisotopic (exact) mass is 859 g/mol. The van der Waals surface area contributed by atoms with E-state index < -0.39 is 82.9 Å². The van der Waals surface area contributed by atoms with Gasteiger partial charge in [-0.05, 0) is 95.7 Å². The number of rotatable bonds is 10. The van der Waals surface area contributed by atoms with E-state index in [1.807, 2.05) is 0 Å². The van der Waals surface area contributed by atoms with Crippen LogP contribution in [0.3, 0.4) is 0 Å². The minimum absolute atomic E-state index is 0.147. The van der Waals surface area contributed by atoms with E-state index in [0.29, 0.717) is 11.4 Å². The third kappa shape index (κ3) is 8.44. The van der Waals surface area contributed by atoms with Gasteiger partial charge in [0.05, 0.1) is 21.2 Å². The minimum Gasteiger partial charge on any atom is -0.505 e. The van der Waals surface area contributed by atoms with Crippen LogP contribution in [-0.2, 0) is 40.5 Å². The number of hydrogen-bond acceptors (Lipinski definition) is 17. The highest BCUT2D eigenvalue weighted by atomic mass is 32.2. The first-order valence-electron chi connectivity index (χ1n) is 15.3. The predicted octanol–water partition coefficient (Wildman–Crippen LogP) is 6.13. The summed E-state index contributed by atoms with van der Waals surface area (Å²) >= 11 is 0. The van der Waals surface area contributed by atoms with Crippen molar-refractivity contribution in [3.8, 4) is 11.5 Å². The third-order valence-corrected chi connectivity index (χ3v) is 11.4. The van der Waals surface area contributed by atoms with Gasteiger partial charge in [0.15, 0.2) is 11.5 Å². The summed E-state index contributed by atoms with van der Waals surface area (Å²) in [5.74, 6) is -1.70. The molecule has 0 aliphatic heterocycles. The highest BCUT2D eigenvalue weighted by Gasteiger charge is 2.26. The van der Waals surface area contributed by atoms with Crippen molar-refractivity contribution in [1.29, 1.82) is 0 Å². The molecule has 296 valence electrons. The van der Waals surface area contributed by atoms with Gasteiger partial charge in [-0.3, -0.25) is 18.2 Å². The Morgan fingerprint density at radius 1 is 0.456 bits per heavy atom. The van der Waals surface area contributed by atoms with Crippen LogP contribution in [0.5, 0.6) is 11.5 Å². The zero-order valence-corrected chi connectivity index (χ0v) is 31.4. The Labute approximate surface area is 321 Å². The number of azo groups is 2. The Bertz CT molecular complexity index is 2960. The van der Waals surface area contributed by atoms with Gasteiger partial charge < -0.3 is 27.0 Å². The normalized spacial score (nSPS) is 12.9. The fourth-order valence-electron chi connectivity index (χ4n) is 5.47. The number of nitrogens with zero attached hydrogens (tertiary/aromatic N) is 4. The van der Waals surface area contributed by atoms with Crippen molar-refractivity contribution >= 4 is 108 Å². The topological polar surface area (TPSA) is 371 Å². The van der Waals surface area contributed by atoms with Crippen LogP contribution in [0.15, 0.2) is 125 Å². The lowest BCUT2D eigenvalue weighted by molar-refractivity contribution is 0.471. The van der Waals surface area contributed by atoms with Gasteiger partial charge in [-0.1, -0.05) is 0 Å². The summed E-state index contributed by atoms with van der Waals surface area (Å²) in [6.07, 6.45) is 0. The molecule has 0 aliphatic rings. The molecule has 57 heavy (non-hydrogen) atoms. The van der Waals surface area contributed by atoms with Crippen molar-refractivity contribution in [2.24, 2.45) is 20.5 Å². The standard InChI is InChI=1S/C32H25N7O14S4/c33-23-13-21(54(42,43)44)9-15-11-25(56(48,49)50)29(31(40)27(15)23)38-36-19-5-1-17(2-6-19)35-18-3-7-20(8-4-18)37-39-30-26(57(51,52)53)12-16-10-22(55(45,46)47)14-24(34)28(16)32(30)41/h1-14,35,40-41H,33-34H2,(H,42,43,44)(H,45,46,47)(H,48,49,50)(H,51,52,53). The van der Waals surface area contributed by atoms with E-state index in [4.69, 9.17) is 11.5 Å². The second kappa shape index (κ2) is 14.3. The lowest BCUT2D eigenvalue weighted by atomic mass is 10.1. The average Bonchev–Trinajstić information content (AvgIpc) is 3.09. The number of fused-ring (bicyclic) bond motifs is 2. The number of nitrogens with two attached hydrogens (primary N) is 2. The number of phenols is 2. The number of anilines is 4. The van der Waals surface area contributed by atoms with E-state index in [-0.39, 0.29) is 44.3 Å². The molecule has 0 atom stereocenters. The number of nitrogen functional groups attached to an aromatic ring is 2. The summed E-state index contributed by atoms with van der Waals surface area (Å²) < 4.78 is 134. The molecule has 0 fully saturated rings. The maximum atomic E-state index is 12.2. The molecule has 0 saturated carbocycles. The van der Waals surface area contributed by atoms with Crippen molar-refractivity contribution in [3.05, 3.63) is 84.9 Å². The van der Waals surface area contributed by atoms with Crippen LogP contribution in [0.25, 0.3) is 21.5 Å². The summed E-state index contributed by atoms with van der Waals surface area (Å²) in [4.78, 5) is -3.25. The van der Waals surface area contributed by atoms with Gasteiger partial charge in [-0.15, -0.1) is 10.2 Å². The molecule has 0 unspecified atom stereocenters. The van der Waals surface area contributed by atoms with Crippen LogP contribution in [0, 0.1) is 0 Å². The van der Waals surface area contributed by atoms with E-state index in [0.717, 1.165) is 36.4 Å². The Balaban J connectivity index is 1.23. The van der Waals surface area contributed by atoms with Crippen molar-refractivity contribution in [1.82, 2.24) is 0 Å². The summed E-state index contributed by atoms with van der Waals surface area (Å²) in [7, 11) is -19.7. The molecule has 0 aromatic heterocycles. The highest BCUT2D eigenvalue weighted by Crippen LogP contribution is 2.46.